The largest absolute Gasteiger partial charge is 0.619 e. The quantitative estimate of drug-likeness (QED) is 0.487. The summed E-state index contributed by atoms with van der Waals surface area (Å²) in [5, 5.41) is 11.2. The first-order chi connectivity index (χ1) is 7.89. The van der Waals surface area contributed by atoms with Gasteiger partial charge in [0, 0.05) is 29.1 Å². The highest BCUT2D eigenvalue weighted by Crippen LogP contribution is 2.30. The lowest BCUT2D eigenvalue weighted by Gasteiger charge is -2.18. The molecule has 1 saturated heterocycles. The zero-order chi connectivity index (χ0) is 12.6. The van der Waals surface area contributed by atoms with Crippen LogP contribution in [-0.4, -0.2) is 17.8 Å². The van der Waals surface area contributed by atoms with Crippen molar-refractivity contribution >= 4 is 5.91 Å². The van der Waals surface area contributed by atoms with Crippen LogP contribution in [0, 0.1) is 5.21 Å². The van der Waals surface area contributed by atoms with Crippen LogP contribution in [0.15, 0.2) is 24.5 Å². The summed E-state index contributed by atoms with van der Waals surface area (Å²) in [4.78, 5) is 12.5. The Hall–Kier alpha value is -1.58. The minimum atomic E-state index is -2.46. The number of carbonyl (C=O) groups is 1. The first-order valence-corrected chi connectivity index (χ1v) is 4.40. The van der Waals surface area contributed by atoms with E-state index >= 15 is 0 Å². The Morgan fingerprint density at radius 3 is 3.36 bits per heavy atom. The van der Waals surface area contributed by atoms with Crippen LogP contribution in [0.25, 0.3) is 0 Å². The second kappa shape index (κ2) is 3.29. The van der Waals surface area contributed by atoms with Gasteiger partial charge in [-0.1, -0.05) is 0 Å². The predicted molar refractivity (Wildman–Crippen MR) is 50.1 cm³/mol. The van der Waals surface area contributed by atoms with E-state index in [9.17, 15) is 10.0 Å². The molecular formula is C10H12N2O2. The van der Waals surface area contributed by atoms with E-state index in [4.69, 9.17) is 4.11 Å². The fourth-order valence-electron chi connectivity index (χ4n) is 1.67. The van der Waals surface area contributed by atoms with Crippen molar-refractivity contribution in [2.24, 2.45) is 0 Å². The molecule has 1 atom stereocenters. The smallest absolute Gasteiger partial charge is 0.222 e. The van der Waals surface area contributed by atoms with Gasteiger partial charge in [0.15, 0.2) is 12.4 Å². The molecule has 0 unspecified atom stereocenters. The molecule has 74 valence electrons. The Kier molecular flexibility index (Phi) is 1.41. The third-order valence-electron chi connectivity index (χ3n) is 2.39. The monoisotopic (exact) mass is 195 g/mol. The molecule has 0 bridgehead atoms. The third kappa shape index (κ3) is 1.43. The van der Waals surface area contributed by atoms with Gasteiger partial charge in [0.25, 0.3) is 0 Å². The van der Waals surface area contributed by atoms with Gasteiger partial charge in [0.1, 0.15) is 0 Å². The molecule has 1 aliphatic rings. The van der Waals surface area contributed by atoms with Gasteiger partial charge in [0.05, 0.1) is 6.04 Å². The molecule has 14 heavy (non-hydrogen) atoms. The Morgan fingerprint density at radius 2 is 2.64 bits per heavy atom. The number of hydrogen-bond acceptors (Lipinski definition) is 2. The van der Waals surface area contributed by atoms with Crippen LogP contribution in [0.3, 0.4) is 0 Å². The molecule has 4 nitrogen and oxygen atoms in total. The Labute approximate surface area is 86.6 Å². The van der Waals surface area contributed by atoms with E-state index < -0.39 is 18.9 Å². The molecule has 0 spiro atoms. The van der Waals surface area contributed by atoms with E-state index in [0.717, 1.165) is 4.90 Å². The number of hydrogen-bond donors (Lipinski definition) is 0. The summed E-state index contributed by atoms with van der Waals surface area (Å²) in [5.74, 6) is -0.392. The van der Waals surface area contributed by atoms with Crippen molar-refractivity contribution in [3.8, 4) is 0 Å². The van der Waals surface area contributed by atoms with Gasteiger partial charge < -0.3 is 10.1 Å². The first-order valence-electron chi connectivity index (χ1n) is 5.90. The molecule has 2 rings (SSSR count). The second-order valence-corrected chi connectivity index (χ2v) is 3.32. The Morgan fingerprint density at radius 1 is 1.79 bits per heavy atom. The molecule has 2 heterocycles. The van der Waals surface area contributed by atoms with Crippen molar-refractivity contribution in [1.82, 2.24) is 4.90 Å². The van der Waals surface area contributed by atoms with E-state index in [0.29, 0.717) is 16.7 Å². The van der Waals surface area contributed by atoms with Crippen LogP contribution in [0.1, 0.15) is 28.6 Å². The van der Waals surface area contributed by atoms with E-state index in [1.807, 2.05) is 0 Å². The van der Waals surface area contributed by atoms with Crippen molar-refractivity contribution in [3.05, 3.63) is 35.3 Å². The van der Waals surface area contributed by atoms with Gasteiger partial charge in [-0.2, -0.15) is 4.73 Å². The summed E-state index contributed by atoms with van der Waals surface area (Å²) in [6.07, 6.45) is 3.26. The van der Waals surface area contributed by atoms with Gasteiger partial charge in [-0.25, -0.2) is 0 Å². The van der Waals surface area contributed by atoms with Crippen LogP contribution in [-0.2, 0) is 4.79 Å². The number of carbonyl (C=O) groups excluding carboxylic acids is 1. The number of pyridine rings is 1. The molecule has 0 radical (unpaired) electrons. The summed E-state index contributed by atoms with van der Waals surface area (Å²) < 4.78 is 22.6. The van der Waals surface area contributed by atoms with Gasteiger partial charge in [-0.3, -0.25) is 4.79 Å². The van der Waals surface area contributed by atoms with Crippen molar-refractivity contribution in [3.63, 3.8) is 0 Å². The number of amides is 1. The van der Waals surface area contributed by atoms with Crippen molar-refractivity contribution < 1.29 is 13.6 Å². The highest BCUT2D eigenvalue weighted by Gasteiger charge is 2.29. The topological polar surface area (TPSA) is 47.2 Å². The van der Waals surface area contributed by atoms with Crippen molar-refractivity contribution in [2.75, 3.05) is 6.98 Å². The Bertz CT molecular complexity index is 447. The van der Waals surface area contributed by atoms with Crippen LogP contribution >= 0.6 is 0 Å². The minimum Gasteiger partial charge on any atom is -0.619 e. The number of aromatic nitrogens is 1. The lowest BCUT2D eigenvalue weighted by atomic mass is 10.1. The molecule has 1 aromatic rings. The first kappa shape index (κ1) is 6.01. The zero-order valence-corrected chi connectivity index (χ0v) is 7.51. The number of rotatable bonds is 1. The van der Waals surface area contributed by atoms with Crippen LogP contribution in [0.4, 0.5) is 0 Å². The second-order valence-electron chi connectivity index (χ2n) is 3.32. The average molecular weight is 195 g/mol. The van der Waals surface area contributed by atoms with E-state index in [1.54, 1.807) is 12.1 Å². The zero-order valence-electron chi connectivity index (χ0n) is 10.5. The highest BCUT2D eigenvalue weighted by atomic mass is 16.5. The predicted octanol–water partition coefficient (Wildman–Crippen LogP) is 0.613. The molecule has 1 aromatic heterocycles. The molecule has 1 amide bonds. The fraction of sp³-hybridized carbons (Fsp3) is 0.400. The third-order valence-corrected chi connectivity index (χ3v) is 2.39. The molecule has 4 heteroatoms. The highest BCUT2D eigenvalue weighted by molar-refractivity contribution is 5.78. The standard InChI is InChI=1S/C10H12N2O2/c1-11-9(4-5-10(11)13)8-3-2-6-12(14)7-8/h2-3,6-7,9H,4-5H2,1H3/t9-/m0/s1/i1D3. The molecule has 1 aliphatic heterocycles. The molecule has 0 saturated carbocycles. The summed E-state index contributed by atoms with van der Waals surface area (Å²) >= 11 is 0. The number of likely N-dealkylation sites (tertiary alicyclic amines) is 1. The maximum absolute atomic E-state index is 11.6. The van der Waals surface area contributed by atoms with Crippen molar-refractivity contribution in [1.29, 1.82) is 0 Å². The molecule has 1 fully saturated rings. The van der Waals surface area contributed by atoms with Gasteiger partial charge in [0.2, 0.25) is 5.91 Å². The fourth-order valence-corrected chi connectivity index (χ4v) is 1.67. The maximum atomic E-state index is 11.6. The Balaban J connectivity index is 2.35. The lowest BCUT2D eigenvalue weighted by Crippen LogP contribution is -2.28. The molecule has 0 aromatic carbocycles. The summed E-state index contributed by atoms with van der Waals surface area (Å²) in [7, 11) is 0. The maximum Gasteiger partial charge on any atom is 0.222 e. The number of nitrogens with zero attached hydrogens (tertiary/aromatic N) is 2. The summed E-state index contributed by atoms with van der Waals surface area (Å²) in [5.41, 5.74) is 0.560. The molecular weight excluding hydrogens is 180 g/mol. The van der Waals surface area contributed by atoms with Crippen molar-refractivity contribution in [2.45, 2.75) is 18.9 Å². The van der Waals surface area contributed by atoms with Crippen LogP contribution in [0.2, 0.25) is 0 Å². The van der Waals surface area contributed by atoms with E-state index in [2.05, 4.69) is 0 Å². The van der Waals surface area contributed by atoms with Gasteiger partial charge in [-0.05, 0) is 12.5 Å². The van der Waals surface area contributed by atoms with Gasteiger partial charge >= 0.3 is 0 Å². The summed E-state index contributed by atoms with van der Waals surface area (Å²) in [6, 6.07) is 2.68. The SMILES string of the molecule is [2H]C([2H])([2H])N1C(=O)CC[C@H]1c1ccc[n+]([O-])c1. The van der Waals surface area contributed by atoms with Gasteiger partial charge in [-0.15, -0.1) is 0 Å². The summed E-state index contributed by atoms with van der Waals surface area (Å²) in [6.45, 7) is -2.46. The van der Waals surface area contributed by atoms with E-state index in [1.165, 1.54) is 12.4 Å². The van der Waals surface area contributed by atoms with Crippen LogP contribution in [0.5, 0.6) is 0 Å². The minimum absolute atomic E-state index is 0.205. The lowest BCUT2D eigenvalue weighted by molar-refractivity contribution is -0.606. The average Bonchev–Trinajstić information content (AvgIpc) is 2.59. The molecule has 0 N–H and O–H groups in total. The normalized spacial score (nSPS) is 25.7. The van der Waals surface area contributed by atoms with Crippen LogP contribution < -0.4 is 4.73 Å². The molecule has 0 aliphatic carbocycles. The van der Waals surface area contributed by atoms with E-state index in [-0.39, 0.29) is 6.42 Å².